The number of rotatable bonds is 6. The van der Waals surface area contributed by atoms with Crippen molar-refractivity contribution in [2.24, 2.45) is 5.92 Å². The highest BCUT2D eigenvalue weighted by Gasteiger charge is 2.35. The molecule has 0 aromatic heterocycles. The van der Waals surface area contributed by atoms with Crippen molar-refractivity contribution in [1.29, 1.82) is 0 Å². The van der Waals surface area contributed by atoms with Crippen LogP contribution in [0.1, 0.15) is 13.8 Å². The Hall–Kier alpha value is -1.57. The van der Waals surface area contributed by atoms with Crippen molar-refractivity contribution >= 4 is 17.6 Å². The Morgan fingerprint density at radius 2 is 1.64 bits per heavy atom. The molecule has 136 valence electrons. The molecule has 25 heavy (non-hydrogen) atoms. The van der Waals surface area contributed by atoms with Gasteiger partial charge in [0.25, 0.3) is 0 Å². The van der Waals surface area contributed by atoms with Gasteiger partial charge in [-0.2, -0.15) is 4.72 Å². The molecule has 0 saturated carbocycles. The van der Waals surface area contributed by atoms with Crippen molar-refractivity contribution in [1.82, 2.24) is 4.72 Å². The van der Waals surface area contributed by atoms with Gasteiger partial charge in [0.1, 0.15) is 11.6 Å². The molecule has 0 amide bonds. The third kappa shape index (κ3) is 4.96. The number of halogens is 1. The van der Waals surface area contributed by atoms with Crippen molar-refractivity contribution in [3.8, 4) is 11.1 Å². The fourth-order valence-electron chi connectivity index (χ4n) is 2.31. The van der Waals surface area contributed by atoms with E-state index < -0.39 is 35.1 Å². The van der Waals surface area contributed by atoms with Gasteiger partial charge in [-0.3, -0.25) is 4.57 Å². The van der Waals surface area contributed by atoms with Gasteiger partial charge >= 0.3 is 7.60 Å². The molecule has 0 aliphatic heterocycles. The van der Waals surface area contributed by atoms with Gasteiger partial charge < -0.3 is 9.79 Å². The molecular weight excluding hydrogens is 368 g/mol. The topological polar surface area (TPSA) is 104 Å². The predicted molar refractivity (Wildman–Crippen MR) is 92.8 cm³/mol. The summed E-state index contributed by atoms with van der Waals surface area (Å²) < 4.78 is 51.6. The van der Waals surface area contributed by atoms with Crippen LogP contribution in [-0.2, 0) is 14.6 Å². The lowest BCUT2D eigenvalue weighted by Gasteiger charge is -2.23. The van der Waals surface area contributed by atoms with Crippen LogP contribution in [0.2, 0.25) is 0 Å². The normalized spacial score (nSPS) is 13.8. The number of hydrogen-bond donors (Lipinski definition) is 3. The molecule has 0 bridgehead atoms. The second-order valence-corrected chi connectivity index (χ2v) is 9.38. The van der Waals surface area contributed by atoms with E-state index in [-0.39, 0.29) is 4.90 Å². The van der Waals surface area contributed by atoms with Crippen molar-refractivity contribution < 1.29 is 27.2 Å². The lowest BCUT2D eigenvalue weighted by atomic mass is 10.1. The van der Waals surface area contributed by atoms with Gasteiger partial charge in [-0.25, -0.2) is 12.8 Å². The first kappa shape index (κ1) is 19.8. The van der Waals surface area contributed by atoms with E-state index >= 15 is 0 Å². The lowest BCUT2D eigenvalue weighted by molar-refractivity contribution is 0.336. The first-order chi connectivity index (χ1) is 11.5. The van der Waals surface area contributed by atoms with Crippen molar-refractivity contribution in [3.05, 3.63) is 54.3 Å². The van der Waals surface area contributed by atoms with Gasteiger partial charge in [0, 0.05) is 0 Å². The molecule has 2 aromatic carbocycles. The maximum absolute atomic E-state index is 13.3. The molecule has 0 aliphatic rings. The molecule has 0 aliphatic carbocycles. The van der Waals surface area contributed by atoms with Crippen LogP contribution in [-0.4, -0.2) is 24.0 Å². The molecule has 1 atom stereocenters. The third-order valence-corrected chi connectivity index (χ3v) is 6.67. The predicted octanol–water partition coefficient (Wildman–Crippen LogP) is 2.93. The maximum Gasteiger partial charge on any atom is 0.343 e. The van der Waals surface area contributed by atoms with E-state index in [1.807, 2.05) is 0 Å². The summed E-state index contributed by atoms with van der Waals surface area (Å²) in [6.07, 6.45) is 0. The molecule has 0 heterocycles. The Morgan fingerprint density at radius 1 is 1.04 bits per heavy atom. The standard InChI is InChI=1S/C16H19FNO5PS/c1-11(2)16(24(19,20)21)18-25(22,23)15-8-6-12(7-9-15)13-4-3-5-14(17)10-13/h3-11,16,18H,1-2H3,(H2,19,20,21)/t16-/m1/s1. The van der Waals surface area contributed by atoms with E-state index in [1.165, 1.54) is 50.2 Å². The summed E-state index contributed by atoms with van der Waals surface area (Å²) in [4.78, 5) is 18.5. The fraction of sp³-hybridized carbons (Fsp3) is 0.250. The van der Waals surface area contributed by atoms with E-state index in [4.69, 9.17) is 0 Å². The molecule has 0 saturated heterocycles. The Balaban J connectivity index is 2.30. The largest absolute Gasteiger partial charge is 0.343 e. The third-order valence-electron chi connectivity index (χ3n) is 3.59. The van der Waals surface area contributed by atoms with E-state index in [0.29, 0.717) is 11.1 Å². The molecule has 0 unspecified atom stereocenters. The summed E-state index contributed by atoms with van der Waals surface area (Å²) in [5.41, 5.74) is 1.21. The van der Waals surface area contributed by atoms with Crippen LogP contribution in [0.25, 0.3) is 11.1 Å². The van der Waals surface area contributed by atoms with Gasteiger partial charge in [0.15, 0.2) is 0 Å². The Labute approximate surface area is 145 Å². The Kier molecular flexibility index (Phi) is 5.81. The number of nitrogens with one attached hydrogen (secondary N) is 1. The smallest absolute Gasteiger partial charge is 0.323 e. The molecule has 9 heteroatoms. The maximum atomic E-state index is 13.3. The molecule has 3 N–H and O–H groups in total. The van der Waals surface area contributed by atoms with Gasteiger partial charge in [-0.15, -0.1) is 0 Å². The van der Waals surface area contributed by atoms with E-state index in [1.54, 1.807) is 12.1 Å². The van der Waals surface area contributed by atoms with Gasteiger partial charge in [-0.05, 0) is 41.3 Å². The highest BCUT2D eigenvalue weighted by molar-refractivity contribution is 7.89. The summed E-state index contributed by atoms with van der Waals surface area (Å²) in [7, 11) is -8.75. The van der Waals surface area contributed by atoms with Crippen LogP contribution in [0, 0.1) is 11.7 Å². The van der Waals surface area contributed by atoms with Crippen molar-refractivity contribution in [3.63, 3.8) is 0 Å². The Bertz CT molecular complexity index is 893. The van der Waals surface area contributed by atoms with E-state index in [9.17, 15) is 27.2 Å². The Morgan fingerprint density at radius 3 is 2.12 bits per heavy atom. The van der Waals surface area contributed by atoms with E-state index in [0.717, 1.165) is 0 Å². The fourth-order valence-corrected chi connectivity index (χ4v) is 5.28. The molecule has 6 nitrogen and oxygen atoms in total. The zero-order valence-electron chi connectivity index (χ0n) is 13.6. The molecule has 2 rings (SSSR count). The minimum atomic E-state index is -4.64. The van der Waals surface area contributed by atoms with Gasteiger partial charge in [0.05, 0.1) is 4.90 Å². The number of sulfonamides is 1. The van der Waals surface area contributed by atoms with Gasteiger partial charge in [-0.1, -0.05) is 38.1 Å². The summed E-state index contributed by atoms with van der Waals surface area (Å²) in [6, 6.07) is 11.5. The average molecular weight is 387 g/mol. The highest BCUT2D eigenvalue weighted by atomic mass is 32.2. The van der Waals surface area contributed by atoms with Gasteiger partial charge in [0.2, 0.25) is 10.0 Å². The molecule has 0 fully saturated rings. The lowest BCUT2D eigenvalue weighted by Crippen LogP contribution is -2.38. The zero-order chi connectivity index (χ0) is 18.8. The summed E-state index contributed by atoms with van der Waals surface area (Å²) in [5, 5.41) is 0. The van der Waals surface area contributed by atoms with Crippen LogP contribution >= 0.6 is 7.60 Å². The molecule has 0 radical (unpaired) electrons. The molecule has 0 spiro atoms. The summed E-state index contributed by atoms with van der Waals surface area (Å²) in [6.45, 7) is 3.03. The SMILES string of the molecule is CC(C)[C@H](NS(=O)(=O)c1ccc(-c2cccc(F)c2)cc1)P(=O)(O)O. The first-order valence-corrected chi connectivity index (χ1v) is 10.6. The zero-order valence-corrected chi connectivity index (χ0v) is 15.3. The minimum absolute atomic E-state index is 0.133. The number of hydrogen-bond acceptors (Lipinski definition) is 3. The van der Waals surface area contributed by atoms with Crippen LogP contribution in [0.3, 0.4) is 0 Å². The van der Waals surface area contributed by atoms with Crippen LogP contribution in [0.5, 0.6) is 0 Å². The van der Waals surface area contributed by atoms with E-state index in [2.05, 4.69) is 4.72 Å². The van der Waals surface area contributed by atoms with Crippen LogP contribution in [0.4, 0.5) is 4.39 Å². The second-order valence-electron chi connectivity index (χ2n) is 5.93. The molecular formula is C16H19FNO5PS. The van der Waals surface area contributed by atoms with Crippen LogP contribution in [0.15, 0.2) is 53.4 Å². The highest BCUT2D eigenvalue weighted by Crippen LogP contribution is 2.43. The summed E-state index contributed by atoms with van der Waals surface area (Å²) in [5.74, 6) is -2.51. The van der Waals surface area contributed by atoms with Crippen molar-refractivity contribution in [2.75, 3.05) is 0 Å². The minimum Gasteiger partial charge on any atom is -0.323 e. The van der Waals surface area contributed by atoms with Crippen LogP contribution < -0.4 is 4.72 Å². The first-order valence-electron chi connectivity index (χ1n) is 7.44. The molecule has 2 aromatic rings. The quantitative estimate of drug-likeness (QED) is 0.661. The summed E-state index contributed by atoms with van der Waals surface area (Å²) >= 11 is 0. The number of benzene rings is 2. The van der Waals surface area contributed by atoms with Crippen molar-refractivity contribution in [2.45, 2.75) is 24.5 Å². The average Bonchev–Trinajstić information content (AvgIpc) is 2.51. The second kappa shape index (κ2) is 7.35. The monoisotopic (exact) mass is 387 g/mol.